The van der Waals surface area contributed by atoms with Crippen molar-refractivity contribution in [3.63, 3.8) is 0 Å². The molecular weight excluding hydrogens is 304 g/mol. The number of amides is 2. The number of pyridine rings is 1. The van der Waals surface area contributed by atoms with Gasteiger partial charge in [-0.05, 0) is 36.6 Å². The molecule has 6 heteroatoms. The third-order valence-corrected chi connectivity index (χ3v) is 3.39. The van der Waals surface area contributed by atoms with Gasteiger partial charge >= 0.3 is 6.03 Å². The standard InChI is InChI=1S/C18H20N4O2/c1-14-7-2-3-8-15(14)13-21-18(23)22-17-16(9-6-11-20-17)24-12-5-4-10-19/h2-3,6-9,11H,4-5,12-13H2,1H3,(H2,20,21,22,23). The van der Waals surface area contributed by atoms with Gasteiger partial charge in [0.2, 0.25) is 0 Å². The van der Waals surface area contributed by atoms with E-state index in [1.165, 1.54) is 0 Å². The first-order valence-corrected chi connectivity index (χ1v) is 7.75. The van der Waals surface area contributed by atoms with Crippen LogP contribution in [-0.4, -0.2) is 17.6 Å². The Balaban J connectivity index is 1.89. The average Bonchev–Trinajstić information content (AvgIpc) is 2.59. The molecule has 0 fully saturated rings. The Morgan fingerprint density at radius 1 is 1.29 bits per heavy atom. The quantitative estimate of drug-likeness (QED) is 0.764. The summed E-state index contributed by atoms with van der Waals surface area (Å²) < 4.78 is 5.57. The van der Waals surface area contributed by atoms with Crippen LogP contribution in [0.5, 0.6) is 5.75 Å². The minimum Gasteiger partial charge on any atom is -0.490 e. The number of ether oxygens (including phenoxy) is 1. The molecular formula is C18H20N4O2. The Bertz CT molecular complexity index is 725. The summed E-state index contributed by atoms with van der Waals surface area (Å²) in [7, 11) is 0. The Morgan fingerprint density at radius 2 is 2.12 bits per heavy atom. The number of unbranched alkanes of at least 4 members (excludes halogenated alkanes) is 1. The number of carbonyl (C=O) groups is 1. The number of hydrogen-bond donors (Lipinski definition) is 2. The number of anilines is 1. The molecule has 0 saturated carbocycles. The first-order valence-electron chi connectivity index (χ1n) is 7.75. The van der Waals surface area contributed by atoms with Crippen molar-refractivity contribution in [1.29, 1.82) is 5.26 Å². The maximum atomic E-state index is 12.1. The third kappa shape index (κ3) is 5.29. The van der Waals surface area contributed by atoms with E-state index in [1.54, 1.807) is 18.3 Å². The van der Waals surface area contributed by atoms with Crippen molar-refractivity contribution in [2.45, 2.75) is 26.3 Å². The number of carbonyl (C=O) groups excluding carboxylic acids is 1. The van der Waals surface area contributed by atoms with Crippen LogP contribution >= 0.6 is 0 Å². The Hall–Kier alpha value is -3.07. The van der Waals surface area contributed by atoms with E-state index < -0.39 is 0 Å². The number of hydrogen-bond acceptors (Lipinski definition) is 4. The molecule has 0 saturated heterocycles. The third-order valence-electron chi connectivity index (χ3n) is 3.39. The number of aryl methyl sites for hydroxylation is 1. The summed E-state index contributed by atoms with van der Waals surface area (Å²) in [4.78, 5) is 16.2. The lowest BCUT2D eigenvalue weighted by Gasteiger charge is -2.12. The lowest BCUT2D eigenvalue weighted by Crippen LogP contribution is -2.29. The second-order valence-electron chi connectivity index (χ2n) is 5.19. The number of rotatable bonds is 7. The second-order valence-corrected chi connectivity index (χ2v) is 5.19. The topological polar surface area (TPSA) is 87.0 Å². The SMILES string of the molecule is Cc1ccccc1CNC(=O)Nc1ncccc1OCCCC#N. The van der Waals surface area contributed by atoms with E-state index in [0.29, 0.717) is 37.6 Å². The fourth-order valence-electron chi connectivity index (χ4n) is 2.07. The zero-order valence-corrected chi connectivity index (χ0v) is 13.6. The predicted octanol–water partition coefficient (Wildman–Crippen LogP) is 3.39. The first-order chi connectivity index (χ1) is 11.7. The summed E-state index contributed by atoms with van der Waals surface area (Å²) in [5, 5.41) is 14.0. The fraction of sp³-hybridized carbons (Fsp3) is 0.278. The van der Waals surface area contributed by atoms with Crippen LogP contribution in [0.4, 0.5) is 10.6 Å². The van der Waals surface area contributed by atoms with Crippen molar-refractivity contribution in [3.8, 4) is 11.8 Å². The van der Waals surface area contributed by atoms with Gasteiger partial charge in [0.25, 0.3) is 0 Å². The molecule has 0 aliphatic rings. The molecule has 24 heavy (non-hydrogen) atoms. The highest BCUT2D eigenvalue weighted by Gasteiger charge is 2.09. The minimum absolute atomic E-state index is 0.348. The van der Waals surface area contributed by atoms with E-state index in [2.05, 4.69) is 21.7 Å². The van der Waals surface area contributed by atoms with E-state index in [0.717, 1.165) is 11.1 Å². The maximum absolute atomic E-state index is 12.1. The van der Waals surface area contributed by atoms with Gasteiger partial charge in [-0.25, -0.2) is 9.78 Å². The van der Waals surface area contributed by atoms with Crippen molar-refractivity contribution < 1.29 is 9.53 Å². The molecule has 0 atom stereocenters. The summed E-state index contributed by atoms with van der Waals surface area (Å²) in [5.74, 6) is 0.846. The van der Waals surface area contributed by atoms with Gasteiger partial charge in [0.1, 0.15) is 0 Å². The van der Waals surface area contributed by atoms with Crippen LogP contribution in [0.1, 0.15) is 24.0 Å². The molecule has 2 N–H and O–H groups in total. The molecule has 0 spiro atoms. The van der Waals surface area contributed by atoms with Gasteiger partial charge in [-0.15, -0.1) is 0 Å². The summed E-state index contributed by atoms with van der Waals surface area (Å²) in [6.07, 6.45) is 2.64. The van der Waals surface area contributed by atoms with Gasteiger partial charge in [-0.3, -0.25) is 5.32 Å². The van der Waals surface area contributed by atoms with E-state index in [4.69, 9.17) is 10.00 Å². The van der Waals surface area contributed by atoms with Crippen molar-refractivity contribution in [1.82, 2.24) is 10.3 Å². The van der Waals surface area contributed by atoms with Crippen LogP contribution in [0.2, 0.25) is 0 Å². The molecule has 0 radical (unpaired) electrons. The Morgan fingerprint density at radius 3 is 2.92 bits per heavy atom. The number of nitrogens with zero attached hydrogens (tertiary/aromatic N) is 2. The van der Waals surface area contributed by atoms with E-state index in [1.807, 2.05) is 31.2 Å². The molecule has 0 aliphatic heterocycles. The number of aromatic nitrogens is 1. The van der Waals surface area contributed by atoms with Crippen molar-refractivity contribution in [2.75, 3.05) is 11.9 Å². The molecule has 2 amide bonds. The zero-order valence-electron chi connectivity index (χ0n) is 13.6. The average molecular weight is 324 g/mol. The molecule has 1 aromatic heterocycles. The maximum Gasteiger partial charge on any atom is 0.320 e. The summed E-state index contributed by atoms with van der Waals surface area (Å²) >= 11 is 0. The predicted molar refractivity (Wildman–Crippen MR) is 91.6 cm³/mol. The summed E-state index contributed by atoms with van der Waals surface area (Å²) in [6.45, 7) is 2.84. The largest absolute Gasteiger partial charge is 0.490 e. The van der Waals surface area contributed by atoms with Crippen LogP contribution < -0.4 is 15.4 Å². The van der Waals surface area contributed by atoms with Gasteiger partial charge in [0.05, 0.1) is 12.7 Å². The molecule has 1 aromatic carbocycles. The Kier molecular flexibility index (Phi) is 6.59. The van der Waals surface area contributed by atoms with Crippen LogP contribution in [0.3, 0.4) is 0 Å². The first kappa shape index (κ1) is 17.3. The van der Waals surface area contributed by atoms with E-state index >= 15 is 0 Å². The van der Waals surface area contributed by atoms with E-state index in [9.17, 15) is 4.79 Å². The van der Waals surface area contributed by atoms with Crippen LogP contribution in [-0.2, 0) is 6.54 Å². The highest BCUT2D eigenvalue weighted by atomic mass is 16.5. The van der Waals surface area contributed by atoms with Crippen LogP contribution in [0.25, 0.3) is 0 Å². The number of nitrogens with one attached hydrogen (secondary N) is 2. The molecule has 124 valence electrons. The van der Waals surface area contributed by atoms with Crippen molar-refractivity contribution >= 4 is 11.8 Å². The van der Waals surface area contributed by atoms with Gasteiger partial charge in [0, 0.05) is 19.2 Å². The minimum atomic E-state index is -0.348. The van der Waals surface area contributed by atoms with Gasteiger partial charge in [0.15, 0.2) is 11.6 Å². The fourth-order valence-corrected chi connectivity index (χ4v) is 2.07. The zero-order chi connectivity index (χ0) is 17.2. The monoisotopic (exact) mass is 324 g/mol. The number of urea groups is 1. The molecule has 2 aromatic rings. The molecule has 0 bridgehead atoms. The molecule has 1 heterocycles. The highest BCUT2D eigenvalue weighted by Crippen LogP contribution is 2.21. The smallest absolute Gasteiger partial charge is 0.320 e. The summed E-state index contributed by atoms with van der Waals surface area (Å²) in [6, 6.07) is 13.1. The highest BCUT2D eigenvalue weighted by molar-refractivity contribution is 5.89. The number of nitriles is 1. The molecule has 6 nitrogen and oxygen atoms in total. The summed E-state index contributed by atoms with van der Waals surface area (Å²) in [5.41, 5.74) is 2.18. The van der Waals surface area contributed by atoms with Gasteiger partial charge in [-0.1, -0.05) is 24.3 Å². The van der Waals surface area contributed by atoms with Crippen molar-refractivity contribution in [2.24, 2.45) is 0 Å². The lowest BCUT2D eigenvalue weighted by atomic mass is 10.1. The van der Waals surface area contributed by atoms with Crippen molar-refractivity contribution in [3.05, 3.63) is 53.7 Å². The van der Waals surface area contributed by atoms with Gasteiger partial charge < -0.3 is 10.1 Å². The molecule has 2 rings (SSSR count). The molecule has 0 aliphatic carbocycles. The molecule has 0 unspecified atom stereocenters. The number of benzene rings is 1. The van der Waals surface area contributed by atoms with Crippen LogP contribution in [0, 0.1) is 18.3 Å². The normalized spacial score (nSPS) is 9.83. The lowest BCUT2D eigenvalue weighted by molar-refractivity contribution is 0.251. The van der Waals surface area contributed by atoms with Gasteiger partial charge in [-0.2, -0.15) is 5.26 Å². The van der Waals surface area contributed by atoms with Crippen LogP contribution in [0.15, 0.2) is 42.6 Å². The second kappa shape index (κ2) is 9.16. The Labute approximate surface area is 141 Å². The van der Waals surface area contributed by atoms with E-state index in [-0.39, 0.29) is 6.03 Å².